The third kappa shape index (κ3) is 8.34. The molecule has 0 saturated carbocycles. The van der Waals surface area contributed by atoms with Gasteiger partial charge >= 0.3 is 24.3 Å². The maximum absolute atomic E-state index is 12.6. The molecule has 2 N–H and O–H groups in total. The van der Waals surface area contributed by atoms with Crippen LogP contribution in [0.3, 0.4) is 0 Å². The van der Waals surface area contributed by atoms with Crippen LogP contribution in [0.5, 0.6) is 29.6 Å². The number of carbonyl (C=O) groups excluding carboxylic acids is 2. The number of hydrogen-bond donors (Lipinski definition) is 2. The Morgan fingerprint density at radius 2 is 1.13 bits per heavy atom. The van der Waals surface area contributed by atoms with Gasteiger partial charge in [0.2, 0.25) is 5.76 Å². The second-order valence-corrected chi connectivity index (χ2v) is 14.1. The second-order valence-electron chi connectivity index (χ2n) is 14.1. The predicted molar refractivity (Wildman–Crippen MR) is 188 cm³/mol. The van der Waals surface area contributed by atoms with Crippen LogP contribution in [0, 0.1) is 11.8 Å². The lowest BCUT2D eigenvalue weighted by molar-refractivity contribution is -0.153. The van der Waals surface area contributed by atoms with Crippen molar-refractivity contribution < 1.29 is 45.8 Å². The lowest BCUT2D eigenvalue weighted by atomic mass is 9.79. The molecule has 13 nitrogen and oxygen atoms in total. The number of rotatable bonds is 9. The van der Waals surface area contributed by atoms with E-state index in [1.807, 2.05) is 0 Å². The molecule has 2 amide bonds. The fourth-order valence-electron chi connectivity index (χ4n) is 7.93. The van der Waals surface area contributed by atoms with Crippen molar-refractivity contribution in [2.45, 2.75) is 69.9 Å². The van der Waals surface area contributed by atoms with Crippen LogP contribution >= 0.6 is 0 Å². The number of nitrogens with one attached hydrogen (secondary N) is 2. The first-order valence-electron chi connectivity index (χ1n) is 18.1. The van der Waals surface area contributed by atoms with E-state index in [9.17, 15) is 22.8 Å². The monoisotopic (exact) mass is 752 g/mol. The molecule has 6 aliphatic heterocycles. The number of piperidine rings is 6. The van der Waals surface area contributed by atoms with Gasteiger partial charge in [0.1, 0.15) is 17.7 Å². The molecule has 0 radical (unpaired) electrons. The third-order valence-electron chi connectivity index (χ3n) is 11.0. The highest BCUT2D eigenvalue weighted by Gasteiger charge is 2.42. The first kappa shape index (κ1) is 37.2. The van der Waals surface area contributed by atoms with Gasteiger partial charge in [0, 0.05) is 35.3 Å². The van der Waals surface area contributed by atoms with Gasteiger partial charge in [0.05, 0.1) is 13.3 Å². The van der Waals surface area contributed by atoms with E-state index in [1.165, 1.54) is 38.3 Å². The molecule has 8 heterocycles. The fourth-order valence-corrected chi connectivity index (χ4v) is 7.93. The molecule has 2 aromatic carbocycles. The number of amides is 2. The number of oxazole rings is 2. The summed E-state index contributed by atoms with van der Waals surface area (Å²) in [6.45, 7) is 8.81. The largest absolute Gasteiger partial charge is 0.467 e. The Kier molecular flexibility index (Phi) is 10.8. The Balaban J connectivity index is 0.000000167. The maximum atomic E-state index is 12.6. The molecule has 6 fully saturated rings. The van der Waals surface area contributed by atoms with Crippen molar-refractivity contribution in [1.82, 2.24) is 30.4 Å². The Labute approximate surface area is 310 Å². The average Bonchev–Trinajstić information content (AvgIpc) is 3.86. The van der Waals surface area contributed by atoms with Gasteiger partial charge in [-0.1, -0.05) is 0 Å². The van der Waals surface area contributed by atoms with Crippen molar-refractivity contribution in [3.63, 3.8) is 0 Å². The van der Waals surface area contributed by atoms with E-state index in [0.717, 1.165) is 39.0 Å². The van der Waals surface area contributed by atoms with Crippen molar-refractivity contribution in [3.05, 3.63) is 77.8 Å². The topological polar surface area (TPSA) is 144 Å². The van der Waals surface area contributed by atoms with Crippen LogP contribution in [0.2, 0.25) is 0 Å². The maximum Gasteiger partial charge on any atom is 0.451 e. The number of fused-ring (bicyclic) bond motifs is 6. The minimum Gasteiger partial charge on any atom is -0.467 e. The molecule has 0 spiro atoms. The van der Waals surface area contributed by atoms with Crippen LogP contribution in [-0.2, 0) is 6.18 Å². The zero-order valence-corrected chi connectivity index (χ0v) is 30.2. The van der Waals surface area contributed by atoms with Gasteiger partial charge in [-0.15, -0.1) is 0 Å². The number of ether oxygens (including phenoxy) is 3. The first-order valence-corrected chi connectivity index (χ1v) is 18.1. The molecular weight excluding hydrogens is 709 g/mol. The van der Waals surface area contributed by atoms with Gasteiger partial charge in [-0.25, -0.2) is 0 Å². The van der Waals surface area contributed by atoms with Crippen molar-refractivity contribution in [2.75, 3.05) is 33.3 Å². The lowest BCUT2D eigenvalue weighted by Crippen LogP contribution is -2.62. The number of nitrogens with zero attached hydrogens (tertiary/aromatic N) is 4. The summed E-state index contributed by atoms with van der Waals surface area (Å²) in [5.74, 6) is 0.687. The Morgan fingerprint density at radius 1 is 0.704 bits per heavy atom. The predicted octanol–water partition coefficient (Wildman–Crippen LogP) is 6.39. The fraction of sp³-hybridized carbons (Fsp3) is 0.474. The molecule has 0 aliphatic carbocycles. The Hall–Kier alpha value is -5.09. The zero-order chi connectivity index (χ0) is 38.0. The summed E-state index contributed by atoms with van der Waals surface area (Å²) in [6.07, 6.45) is 1.49. The quantitative estimate of drug-likeness (QED) is 0.196. The van der Waals surface area contributed by atoms with Crippen molar-refractivity contribution in [3.8, 4) is 29.6 Å². The normalized spacial score (nSPS) is 27.0. The standard InChI is InChI=1S/C19H20F3N3O3.C19H23N3O4/c1-11-16(12-6-8-25(11)9-7-12)24-17(26)13-2-4-14(5-3-13)27-18-23-10-15(28-18)19(20,21)22;1-12-17(13-7-9-22(12)10-8-13)21-18(23)14-3-5-15(6-4-14)25-19-20-11-16(24-2)26-19/h2-5,10-12,16H,6-9H2,1H3,(H,24,26);3-6,11-13,17H,7-10H2,1-2H3,(H,21,23)/t11-,16-;12-,17-/m00/s1. The van der Waals surface area contributed by atoms with Crippen LogP contribution in [0.25, 0.3) is 0 Å². The van der Waals surface area contributed by atoms with E-state index in [1.54, 1.807) is 36.4 Å². The van der Waals surface area contributed by atoms with Gasteiger partial charge in [0.25, 0.3) is 11.8 Å². The number of carbonyl (C=O) groups is 2. The minimum atomic E-state index is -4.62. The van der Waals surface area contributed by atoms with Gasteiger partial charge in [-0.2, -0.15) is 23.1 Å². The van der Waals surface area contributed by atoms with Crippen LogP contribution in [0.1, 0.15) is 66.0 Å². The Morgan fingerprint density at radius 3 is 1.50 bits per heavy atom. The summed E-state index contributed by atoms with van der Waals surface area (Å²) in [7, 11) is 1.49. The van der Waals surface area contributed by atoms with Crippen molar-refractivity contribution in [1.29, 1.82) is 0 Å². The van der Waals surface area contributed by atoms with Crippen LogP contribution < -0.4 is 24.8 Å². The van der Waals surface area contributed by atoms with Gasteiger partial charge < -0.3 is 33.7 Å². The van der Waals surface area contributed by atoms with Crippen LogP contribution in [-0.4, -0.2) is 89.0 Å². The highest BCUT2D eigenvalue weighted by molar-refractivity contribution is 5.95. The first-order chi connectivity index (χ1) is 25.9. The number of benzene rings is 2. The second kappa shape index (κ2) is 15.7. The molecule has 10 rings (SSSR count). The highest BCUT2D eigenvalue weighted by Crippen LogP contribution is 2.35. The van der Waals surface area contributed by atoms with Gasteiger partial charge in [-0.05, 0) is 126 Å². The molecule has 0 unspecified atom stereocenters. The smallest absolute Gasteiger partial charge is 0.451 e. The molecular formula is C38H43F3N6O7. The molecule has 54 heavy (non-hydrogen) atoms. The summed E-state index contributed by atoms with van der Waals surface area (Å²) >= 11 is 0. The van der Waals surface area contributed by atoms with Crippen molar-refractivity contribution >= 4 is 11.8 Å². The van der Waals surface area contributed by atoms with Crippen molar-refractivity contribution in [2.24, 2.45) is 11.8 Å². The zero-order valence-electron chi connectivity index (χ0n) is 30.2. The number of halogens is 3. The molecule has 4 bridgehead atoms. The Bertz CT molecular complexity index is 1880. The third-order valence-corrected chi connectivity index (χ3v) is 11.0. The number of methoxy groups -OCH3 is 1. The molecule has 16 heteroatoms. The van der Waals surface area contributed by atoms with E-state index in [-0.39, 0.29) is 41.7 Å². The molecule has 6 saturated heterocycles. The SMILES string of the molecule is COc1cnc(Oc2ccc(C(=O)N[C@@H]3C4CCN(CC4)[C@H]3C)cc2)o1.C[C@H]1[C@H](NC(=O)c2ccc(Oc3ncc(C(F)(F)F)o3)cc2)C2CCN1CC2. The van der Waals surface area contributed by atoms with Gasteiger partial charge in [-0.3, -0.25) is 19.4 Å². The van der Waals surface area contributed by atoms with E-state index in [4.69, 9.17) is 18.6 Å². The number of hydrogen-bond acceptors (Lipinski definition) is 11. The van der Waals surface area contributed by atoms with E-state index in [0.29, 0.717) is 47.0 Å². The molecule has 4 atom stereocenters. The van der Waals surface area contributed by atoms with E-state index >= 15 is 0 Å². The molecule has 2 aromatic heterocycles. The summed E-state index contributed by atoms with van der Waals surface area (Å²) in [6, 6.07) is 14.1. The van der Waals surface area contributed by atoms with Gasteiger partial charge in [0.15, 0.2) is 0 Å². The average molecular weight is 753 g/mol. The van der Waals surface area contributed by atoms with E-state index in [2.05, 4.69) is 48.7 Å². The summed E-state index contributed by atoms with van der Waals surface area (Å²) in [5, 5.41) is 6.36. The summed E-state index contributed by atoms with van der Waals surface area (Å²) in [5.41, 5.74) is 1.07. The van der Waals surface area contributed by atoms with Crippen LogP contribution in [0.15, 0.2) is 69.8 Å². The highest BCUT2D eigenvalue weighted by atomic mass is 19.4. The molecule has 6 aliphatic rings. The molecule has 288 valence electrons. The lowest BCUT2D eigenvalue weighted by Gasteiger charge is -2.49. The van der Waals surface area contributed by atoms with E-state index < -0.39 is 18.0 Å². The summed E-state index contributed by atoms with van der Waals surface area (Å²) in [4.78, 5) is 37.5. The molecule has 4 aromatic rings. The summed E-state index contributed by atoms with van der Waals surface area (Å²) < 4.78 is 62.9. The van der Waals surface area contributed by atoms with Crippen LogP contribution in [0.4, 0.5) is 13.2 Å². The minimum absolute atomic E-state index is 0.0417. The number of aromatic nitrogens is 2. The number of alkyl halides is 3.